The summed E-state index contributed by atoms with van der Waals surface area (Å²) in [7, 11) is 1.53. The van der Waals surface area contributed by atoms with E-state index in [0.717, 1.165) is 13.1 Å². The van der Waals surface area contributed by atoms with Crippen molar-refractivity contribution in [1.29, 1.82) is 0 Å². The third-order valence-corrected chi connectivity index (χ3v) is 6.41. The van der Waals surface area contributed by atoms with Crippen LogP contribution in [-0.2, 0) is 14.3 Å². The zero-order valence-corrected chi connectivity index (χ0v) is 19.6. The van der Waals surface area contributed by atoms with E-state index in [2.05, 4.69) is 4.90 Å². The number of methoxy groups -OCH3 is 1. The van der Waals surface area contributed by atoms with Crippen LogP contribution in [-0.4, -0.2) is 78.0 Å². The zero-order chi connectivity index (χ0) is 25.1. The number of amides is 1. The minimum Gasteiger partial charge on any atom is -0.507 e. The molecule has 1 atom stereocenters. The zero-order valence-electron chi connectivity index (χ0n) is 19.6. The van der Waals surface area contributed by atoms with Crippen molar-refractivity contribution in [3.63, 3.8) is 0 Å². The van der Waals surface area contributed by atoms with Crippen LogP contribution in [0.5, 0.6) is 5.75 Å². The van der Waals surface area contributed by atoms with Gasteiger partial charge in [0.2, 0.25) is 0 Å². The fourth-order valence-corrected chi connectivity index (χ4v) is 4.48. The van der Waals surface area contributed by atoms with Crippen LogP contribution in [0, 0.1) is 17.0 Å². The van der Waals surface area contributed by atoms with E-state index in [1.54, 1.807) is 25.1 Å². The number of Topliss-reactive ketones (excluding diaryl/α,β-unsaturated/α-hetero) is 1. The van der Waals surface area contributed by atoms with E-state index in [-0.39, 0.29) is 23.6 Å². The molecule has 10 nitrogen and oxygen atoms in total. The molecule has 2 heterocycles. The molecule has 0 aromatic heterocycles. The van der Waals surface area contributed by atoms with Gasteiger partial charge in [-0.3, -0.25) is 24.6 Å². The minimum absolute atomic E-state index is 0.0425. The molecule has 1 N–H and O–H groups in total. The molecule has 0 saturated carbocycles. The summed E-state index contributed by atoms with van der Waals surface area (Å²) < 4.78 is 10.6. The Bertz CT molecular complexity index is 1170. The second-order valence-electron chi connectivity index (χ2n) is 8.48. The fourth-order valence-electron chi connectivity index (χ4n) is 4.48. The van der Waals surface area contributed by atoms with Gasteiger partial charge < -0.3 is 19.5 Å². The molecule has 2 aliphatic rings. The molecule has 35 heavy (non-hydrogen) atoms. The second kappa shape index (κ2) is 10.2. The van der Waals surface area contributed by atoms with Crippen molar-refractivity contribution in [2.24, 2.45) is 0 Å². The lowest BCUT2D eigenvalue weighted by molar-refractivity contribution is -0.384. The first-order valence-corrected chi connectivity index (χ1v) is 11.3. The van der Waals surface area contributed by atoms with Gasteiger partial charge in [-0.1, -0.05) is 0 Å². The number of carbonyl (C=O) groups excluding carboxylic acids is 2. The van der Waals surface area contributed by atoms with Crippen molar-refractivity contribution in [1.82, 2.24) is 9.80 Å². The van der Waals surface area contributed by atoms with E-state index in [1.807, 2.05) is 0 Å². The minimum atomic E-state index is -0.877. The summed E-state index contributed by atoms with van der Waals surface area (Å²) in [5, 5.41) is 22.4. The number of hydrogen-bond acceptors (Lipinski definition) is 8. The maximum Gasteiger partial charge on any atom is 0.295 e. The molecule has 2 aromatic rings. The number of aryl methyl sites for hydroxylation is 1. The van der Waals surface area contributed by atoms with Crippen LogP contribution in [0.3, 0.4) is 0 Å². The predicted molar refractivity (Wildman–Crippen MR) is 127 cm³/mol. The van der Waals surface area contributed by atoms with Crippen LogP contribution >= 0.6 is 0 Å². The molecule has 0 unspecified atom stereocenters. The highest BCUT2D eigenvalue weighted by Crippen LogP contribution is 2.40. The lowest BCUT2D eigenvalue weighted by Gasteiger charge is -2.31. The van der Waals surface area contributed by atoms with Crippen molar-refractivity contribution >= 4 is 23.1 Å². The highest BCUT2D eigenvalue weighted by atomic mass is 16.6. The van der Waals surface area contributed by atoms with Crippen molar-refractivity contribution in [3.05, 3.63) is 74.8 Å². The number of hydrogen-bond donors (Lipinski definition) is 1. The first kappa shape index (κ1) is 24.4. The van der Waals surface area contributed by atoms with Gasteiger partial charge in [0.05, 0.1) is 36.9 Å². The number of carbonyl (C=O) groups is 2. The predicted octanol–water partition coefficient (Wildman–Crippen LogP) is 2.67. The van der Waals surface area contributed by atoms with Crippen molar-refractivity contribution in [2.75, 3.05) is 46.5 Å². The number of nitrogens with zero attached hydrogens (tertiary/aromatic N) is 3. The molecule has 0 aliphatic carbocycles. The van der Waals surface area contributed by atoms with Crippen LogP contribution in [0.15, 0.2) is 48.0 Å². The Balaban J connectivity index is 1.77. The normalized spacial score (nSPS) is 20.3. The third-order valence-electron chi connectivity index (χ3n) is 6.41. The first-order chi connectivity index (χ1) is 16.8. The molecule has 1 amide bonds. The van der Waals surface area contributed by atoms with E-state index in [4.69, 9.17) is 9.47 Å². The highest BCUT2D eigenvalue weighted by Gasteiger charge is 2.46. The van der Waals surface area contributed by atoms with E-state index in [1.165, 1.54) is 36.3 Å². The number of nitro benzene ring substituents is 1. The Morgan fingerprint density at radius 1 is 1.14 bits per heavy atom. The number of nitro groups is 1. The first-order valence-electron chi connectivity index (χ1n) is 11.3. The van der Waals surface area contributed by atoms with Gasteiger partial charge in [-0.15, -0.1) is 0 Å². The molecule has 2 saturated heterocycles. The van der Waals surface area contributed by atoms with Gasteiger partial charge in [0.1, 0.15) is 11.5 Å². The molecular weight excluding hydrogens is 454 g/mol. The molecule has 184 valence electrons. The molecule has 0 spiro atoms. The van der Waals surface area contributed by atoms with Gasteiger partial charge in [0.25, 0.3) is 17.4 Å². The summed E-state index contributed by atoms with van der Waals surface area (Å²) in [4.78, 5) is 40.5. The quantitative estimate of drug-likeness (QED) is 0.211. The van der Waals surface area contributed by atoms with Crippen molar-refractivity contribution in [3.8, 4) is 5.75 Å². The summed E-state index contributed by atoms with van der Waals surface area (Å²) in [6.45, 7) is 5.19. The molecule has 10 heteroatoms. The number of aliphatic hydroxyl groups is 1. The van der Waals surface area contributed by atoms with Gasteiger partial charge >= 0.3 is 0 Å². The number of benzene rings is 2. The number of ether oxygens (including phenoxy) is 2. The lowest BCUT2D eigenvalue weighted by atomic mass is 9.93. The van der Waals surface area contributed by atoms with E-state index >= 15 is 0 Å². The maximum absolute atomic E-state index is 13.2. The number of morpholine rings is 1. The highest BCUT2D eigenvalue weighted by molar-refractivity contribution is 6.46. The van der Waals surface area contributed by atoms with Crippen LogP contribution in [0.4, 0.5) is 5.69 Å². The Kier molecular flexibility index (Phi) is 7.13. The molecule has 2 aromatic carbocycles. The molecule has 0 radical (unpaired) electrons. The van der Waals surface area contributed by atoms with Crippen molar-refractivity contribution < 1.29 is 29.1 Å². The third kappa shape index (κ3) is 4.89. The molecule has 2 aliphatic heterocycles. The standard InChI is InChI=1S/C25H27N3O7/c1-16-15-19(34-2)7-8-20(16)23(29)21-22(17-3-5-18(6-4-17)28(32)33)27(25(31)24(21)30)10-9-26-11-13-35-14-12-26/h3-8,15,22,29H,9-14H2,1-2H3/b23-21+/t22-/m1/s1. The summed E-state index contributed by atoms with van der Waals surface area (Å²) in [5.41, 5.74) is 1.43. The Hall–Kier alpha value is -3.76. The monoisotopic (exact) mass is 481 g/mol. The number of ketones is 1. The molecule has 2 fully saturated rings. The summed E-state index contributed by atoms with van der Waals surface area (Å²) in [6.07, 6.45) is 0. The topological polar surface area (TPSA) is 122 Å². The lowest BCUT2D eigenvalue weighted by Crippen LogP contribution is -2.42. The smallest absolute Gasteiger partial charge is 0.295 e. The van der Waals surface area contributed by atoms with E-state index in [9.17, 15) is 24.8 Å². The number of rotatable bonds is 7. The van der Waals surface area contributed by atoms with Crippen LogP contribution < -0.4 is 4.74 Å². The summed E-state index contributed by atoms with van der Waals surface area (Å²) >= 11 is 0. The van der Waals surface area contributed by atoms with Crippen LogP contribution in [0.25, 0.3) is 5.76 Å². The van der Waals surface area contributed by atoms with Gasteiger partial charge in [0, 0.05) is 43.9 Å². The SMILES string of the molecule is COc1ccc(/C(O)=C2\C(=O)C(=O)N(CCN3CCOCC3)[C@@H]2c2ccc([N+](=O)[O-])cc2)c(C)c1. The van der Waals surface area contributed by atoms with E-state index in [0.29, 0.717) is 42.2 Å². The Morgan fingerprint density at radius 3 is 2.43 bits per heavy atom. The van der Waals surface area contributed by atoms with Crippen molar-refractivity contribution in [2.45, 2.75) is 13.0 Å². The average molecular weight is 482 g/mol. The number of likely N-dealkylation sites (tertiary alicyclic amines) is 1. The van der Waals surface area contributed by atoms with Gasteiger partial charge in [0.15, 0.2) is 0 Å². The molecule has 0 bridgehead atoms. The molecule has 4 rings (SSSR count). The molecular formula is C25H27N3O7. The second-order valence-corrected chi connectivity index (χ2v) is 8.48. The maximum atomic E-state index is 13.2. The van der Waals surface area contributed by atoms with Crippen LogP contribution in [0.2, 0.25) is 0 Å². The van der Waals surface area contributed by atoms with E-state index < -0.39 is 22.7 Å². The van der Waals surface area contributed by atoms with Gasteiger partial charge in [-0.25, -0.2) is 0 Å². The van der Waals surface area contributed by atoms with Gasteiger partial charge in [-0.2, -0.15) is 0 Å². The number of aliphatic hydroxyl groups excluding tert-OH is 1. The largest absolute Gasteiger partial charge is 0.507 e. The summed E-state index contributed by atoms with van der Waals surface area (Å²) in [6, 6.07) is 9.85. The summed E-state index contributed by atoms with van der Waals surface area (Å²) in [5.74, 6) is -1.20. The van der Waals surface area contributed by atoms with Gasteiger partial charge in [-0.05, 0) is 48.4 Å². The van der Waals surface area contributed by atoms with Crippen LogP contribution in [0.1, 0.15) is 22.7 Å². The Morgan fingerprint density at radius 2 is 1.83 bits per heavy atom. The average Bonchev–Trinajstić information content (AvgIpc) is 3.12. The fraction of sp³-hybridized carbons (Fsp3) is 0.360. The Labute approximate surface area is 202 Å². The number of non-ortho nitro benzene ring substituents is 1.